The van der Waals surface area contributed by atoms with Crippen molar-refractivity contribution in [1.29, 1.82) is 0 Å². The van der Waals surface area contributed by atoms with Gasteiger partial charge in [0.1, 0.15) is 6.04 Å². The van der Waals surface area contributed by atoms with Crippen molar-refractivity contribution in [3.63, 3.8) is 0 Å². The number of fused-ring (bicyclic) bond motifs is 2. The maximum atomic E-state index is 13.4. The molecular formula is C26H32N4O8. The standard InChI is InChI=1S/C26H32N4O8/c1-2-38-26(37)19(10-5-6-14-28-22(32)16-8-3-4-9-17(16)23(28)33)27-18-12-13-21(31)29-15-7-11-20(25(35)36)30(29)24(18)34/h3-4,8-9,18-20,27H,2,5-7,10-15H2,1H3,(H,35,36). The fourth-order valence-corrected chi connectivity index (χ4v) is 5.23. The molecule has 3 heterocycles. The molecule has 38 heavy (non-hydrogen) atoms. The molecule has 4 rings (SSSR count). The first kappa shape index (κ1) is 27.2. The van der Waals surface area contributed by atoms with Crippen LogP contribution in [0.4, 0.5) is 0 Å². The van der Waals surface area contributed by atoms with E-state index in [-0.39, 0.29) is 63.1 Å². The number of hydrogen-bond acceptors (Lipinski definition) is 8. The predicted octanol–water partition coefficient (Wildman–Crippen LogP) is 0.956. The van der Waals surface area contributed by atoms with Gasteiger partial charge >= 0.3 is 11.9 Å². The second-order valence-corrected chi connectivity index (χ2v) is 9.56. The van der Waals surface area contributed by atoms with E-state index in [1.807, 2.05) is 0 Å². The highest BCUT2D eigenvalue weighted by molar-refractivity contribution is 6.21. The zero-order valence-corrected chi connectivity index (χ0v) is 21.3. The number of amides is 4. The number of esters is 1. The van der Waals surface area contributed by atoms with E-state index in [9.17, 15) is 33.9 Å². The van der Waals surface area contributed by atoms with Crippen LogP contribution in [0.3, 0.4) is 0 Å². The summed E-state index contributed by atoms with van der Waals surface area (Å²) in [7, 11) is 0. The Labute approximate surface area is 219 Å². The number of nitrogens with zero attached hydrogens (tertiary/aromatic N) is 3. The highest BCUT2D eigenvalue weighted by atomic mass is 16.5. The average molecular weight is 529 g/mol. The van der Waals surface area contributed by atoms with Crippen LogP contribution in [0.2, 0.25) is 0 Å². The van der Waals surface area contributed by atoms with Crippen LogP contribution >= 0.6 is 0 Å². The summed E-state index contributed by atoms with van der Waals surface area (Å²) in [6, 6.07) is 3.64. The predicted molar refractivity (Wildman–Crippen MR) is 131 cm³/mol. The van der Waals surface area contributed by atoms with Crippen molar-refractivity contribution in [3.05, 3.63) is 35.4 Å². The Balaban J connectivity index is 1.40. The fraction of sp³-hybridized carbons (Fsp3) is 0.538. The largest absolute Gasteiger partial charge is 0.480 e. The normalized spacial score (nSPS) is 22.2. The van der Waals surface area contributed by atoms with Crippen molar-refractivity contribution in [2.45, 2.75) is 70.0 Å². The highest BCUT2D eigenvalue weighted by Crippen LogP contribution is 2.26. The van der Waals surface area contributed by atoms with Gasteiger partial charge in [-0.1, -0.05) is 12.1 Å². The van der Waals surface area contributed by atoms with Gasteiger partial charge in [0.05, 0.1) is 23.8 Å². The van der Waals surface area contributed by atoms with Gasteiger partial charge in [-0.25, -0.2) is 9.80 Å². The zero-order chi connectivity index (χ0) is 27.4. The minimum absolute atomic E-state index is 0.0293. The molecule has 1 aromatic carbocycles. The van der Waals surface area contributed by atoms with E-state index in [0.29, 0.717) is 30.4 Å². The summed E-state index contributed by atoms with van der Waals surface area (Å²) in [6.45, 7) is 2.24. The number of carboxylic acids is 1. The van der Waals surface area contributed by atoms with Crippen LogP contribution in [0.1, 0.15) is 72.6 Å². The maximum Gasteiger partial charge on any atom is 0.328 e. The number of carbonyl (C=O) groups excluding carboxylic acids is 5. The molecule has 3 atom stereocenters. The SMILES string of the molecule is CCOC(=O)C(CCCCN1C(=O)c2ccccc2C1=O)NC1CCC(=O)N2CCCC(C(=O)O)N2C1=O. The minimum atomic E-state index is -1.19. The van der Waals surface area contributed by atoms with Gasteiger partial charge < -0.3 is 9.84 Å². The number of carbonyl (C=O) groups is 6. The first-order valence-electron chi connectivity index (χ1n) is 13.0. The molecular weight excluding hydrogens is 496 g/mol. The number of unbranched alkanes of at least 4 members (excludes halogenated alkanes) is 1. The third kappa shape index (κ3) is 5.40. The first-order valence-corrected chi connectivity index (χ1v) is 13.0. The van der Waals surface area contributed by atoms with Crippen LogP contribution < -0.4 is 5.32 Å². The molecule has 204 valence electrons. The van der Waals surface area contributed by atoms with E-state index in [4.69, 9.17) is 4.74 Å². The lowest BCUT2D eigenvalue weighted by atomic mass is 10.0. The minimum Gasteiger partial charge on any atom is -0.480 e. The van der Waals surface area contributed by atoms with E-state index >= 15 is 0 Å². The second kappa shape index (κ2) is 11.7. The number of carboxylic acid groups (broad SMARTS) is 1. The van der Waals surface area contributed by atoms with Gasteiger partial charge in [-0.3, -0.25) is 39.2 Å². The van der Waals surface area contributed by atoms with Crippen LogP contribution in [0.25, 0.3) is 0 Å². The lowest BCUT2D eigenvalue weighted by molar-refractivity contribution is -0.181. The summed E-state index contributed by atoms with van der Waals surface area (Å²) in [5, 5.41) is 14.9. The molecule has 0 aromatic heterocycles. The number of ether oxygens (including phenoxy) is 1. The van der Waals surface area contributed by atoms with Crippen molar-refractivity contribution in [2.24, 2.45) is 0 Å². The lowest BCUT2D eigenvalue weighted by Crippen LogP contribution is -2.62. The number of benzene rings is 1. The molecule has 0 radical (unpaired) electrons. The molecule has 2 saturated heterocycles. The van der Waals surface area contributed by atoms with E-state index in [1.165, 1.54) is 9.91 Å². The molecule has 3 aliphatic heterocycles. The average Bonchev–Trinajstić information content (AvgIpc) is 3.08. The van der Waals surface area contributed by atoms with Crippen LogP contribution in [0.15, 0.2) is 24.3 Å². The molecule has 4 amide bonds. The quantitative estimate of drug-likeness (QED) is 0.257. The van der Waals surface area contributed by atoms with E-state index in [0.717, 1.165) is 5.01 Å². The molecule has 1 aromatic rings. The van der Waals surface area contributed by atoms with Gasteiger partial charge in [-0.2, -0.15) is 0 Å². The molecule has 3 unspecified atom stereocenters. The molecule has 2 N–H and O–H groups in total. The van der Waals surface area contributed by atoms with Gasteiger partial charge in [-0.15, -0.1) is 0 Å². The van der Waals surface area contributed by atoms with Gasteiger partial charge in [0.2, 0.25) is 5.91 Å². The molecule has 0 bridgehead atoms. The van der Waals surface area contributed by atoms with Gasteiger partial charge in [0.25, 0.3) is 17.7 Å². The number of aliphatic carboxylic acids is 1. The van der Waals surface area contributed by atoms with Crippen LogP contribution in [0, 0.1) is 0 Å². The molecule has 12 heteroatoms. The monoisotopic (exact) mass is 528 g/mol. The van der Waals surface area contributed by atoms with Crippen molar-refractivity contribution in [2.75, 3.05) is 19.7 Å². The summed E-state index contributed by atoms with van der Waals surface area (Å²) in [4.78, 5) is 77.0. The first-order chi connectivity index (χ1) is 18.2. The van der Waals surface area contributed by atoms with Gasteiger partial charge in [0.15, 0.2) is 6.04 Å². The summed E-state index contributed by atoms with van der Waals surface area (Å²) in [5.74, 6) is -3.35. The Bertz CT molecular complexity index is 1100. The fourth-order valence-electron chi connectivity index (χ4n) is 5.23. The van der Waals surface area contributed by atoms with E-state index in [1.54, 1.807) is 31.2 Å². The third-order valence-corrected chi connectivity index (χ3v) is 7.12. The smallest absolute Gasteiger partial charge is 0.328 e. The third-order valence-electron chi connectivity index (χ3n) is 7.12. The molecule has 0 spiro atoms. The number of rotatable bonds is 10. The van der Waals surface area contributed by atoms with Crippen molar-refractivity contribution < 1.29 is 38.6 Å². The number of hydrogen-bond donors (Lipinski definition) is 2. The summed E-state index contributed by atoms with van der Waals surface area (Å²) in [6.07, 6.45) is 1.98. The van der Waals surface area contributed by atoms with Gasteiger partial charge in [0, 0.05) is 19.5 Å². The summed E-state index contributed by atoms with van der Waals surface area (Å²) >= 11 is 0. The molecule has 0 saturated carbocycles. The topological polar surface area (TPSA) is 154 Å². The molecule has 3 aliphatic rings. The number of imide groups is 1. The van der Waals surface area contributed by atoms with Crippen LogP contribution in [0.5, 0.6) is 0 Å². The van der Waals surface area contributed by atoms with Crippen molar-refractivity contribution in [1.82, 2.24) is 20.2 Å². The van der Waals surface area contributed by atoms with Crippen LogP contribution in [-0.2, 0) is 23.9 Å². The second-order valence-electron chi connectivity index (χ2n) is 9.56. The molecule has 0 aliphatic carbocycles. The van der Waals surface area contributed by atoms with E-state index < -0.39 is 36.0 Å². The Morgan fingerprint density at radius 3 is 2.39 bits per heavy atom. The highest BCUT2D eigenvalue weighted by Gasteiger charge is 2.45. The Morgan fingerprint density at radius 2 is 1.76 bits per heavy atom. The van der Waals surface area contributed by atoms with E-state index in [2.05, 4.69) is 5.32 Å². The molecule has 2 fully saturated rings. The Hall–Kier alpha value is -3.80. The Morgan fingerprint density at radius 1 is 1.08 bits per heavy atom. The van der Waals surface area contributed by atoms with Crippen molar-refractivity contribution >= 4 is 35.6 Å². The summed E-state index contributed by atoms with van der Waals surface area (Å²) < 4.78 is 5.19. The number of hydrazine groups is 1. The maximum absolute atomic E-state index is 13.4. The number of nitrogens with one attached hydrogen (secondary N) is 1. The van der Waals surface area contributed by atoms with Gasteiger partial charge in [-0.05, 0) is 57.6 Å². The zero-order valence-electron chi connectivity index (χ0n) is 21.3. The van der Waals surface area contributed by atoms with Crippen LogP contribution in [-0.4, -0.2) is 93.4 Å². The lowest BCUT2D eigenvalue weighted by Gasteiger charge is -2.42. The van der Waals surface area contributed by atoms with Crippen molar-refractivity contribution in [3.8, 4) is 0 Å². The summed E-state index contributed by atoms with van der Waals surface area (Å²) in [5.41, 5.74) is 0.743. The Kier molecular flexibility index (Phi) is 8.40. The molecule has 12 nitrogen and oxygen atoms in total.